The van der Waals surface area contributed by atoms with Crippen LogP contribution in [0.15, 0.2) is 48.7 Å². The van der Waals surface area contributed by atoms with Crippen molar-refractivity contribution >= 4 is 10.9 Å². The Morgan fingerprint density at radius 2 is 2.05 bits per heavy atom. The molecule has 0 saturated carbocycles. The summed E-state index contributed by atoms with van der Waals surface area (Å²) in [6.45, 7) is 2.80. The fraction of sp³-hybridized carbons (Fsp3) is 0.167. The predicted octanol–water partition coefficient (Wildman–Crippen LogP) is 3.88. The van der Waals surface area contributed by atoms with Gasteiger partial charge in [-0.2, -0.15) is 5.26 Å². The second-order valence-electron chi connectivity index (χ2n) is 5.11. The van der Waals surface area contributed by atoms with E-state index in [1.807, 2.05) is 42.6 Å². The van der Waals surface area contributed by atoms with E-state index in [-0.39, 0.29) is 0 Å². The molecule has 0 radical (unpaired) electrons. The van der Waals surface area contributed by atoms with Crippen molar-refractivity contribution in [2.75, 3.05) is 7.11 Å². The molecule has 2 aromatic carbocycles. The molecule has 1 heterocycles. The van der Waals surface area contributed by atoms with Crippen molar-refractivity contribution < 1.29 is 4.74 Å². The number of nitriles is 1. The van der Waals surface area contributed by atoms with E-state index in [0.29, 0.717) is 5.56 Å². The van der Waals surface area contributed by atoms with Crippen molar-refractivity contribution in [3.63, 3.8) is 0 Å². The first-order valence-electron chi connectivity index (χ1n) is 6.84. The van der Waals surface area contributed by atoms with Crippen molar-refractivity contribution in [2.45, 2.75) is 13.5 Å². The SMILES string of the molecule is COc1ccc(C)cc1Cn1ccc2c(C#N)cccc21. The normalized spacial score (nSPS) is 10.5. The van der Waals surface area contributed by atoms with Gasteiger partial charge in [0.2, 0.25) is 0 Å². The molecule has 0 amide bonds. The minimum atomic E-state index is 0.711. The zero-order valence-electron chi connectivity index (χ0n) is 12.1. The number of hydrogen-bond acceptors (Lipinski definition) is 2. The summed E-state index contributed by atoms with van der Waals surface area (Å²) >= 11 is 0. The quantitative estimate of drug-likeness (QED) is 0.728. The highest BCUT2D eigenvalue weighted by Crippen LogP contribution is 2.25. The fourth-order valence-corrected chi connectivity index (χ4v) is 2.67. The van der Waals surface area contributed by atoms with E-state index in [9.17, 15) is 5.26 Å². The van der Waals surface area contributed by atoms with Crippen LogP contribution in [0.4, 0.5) is 0 Å². The van der Waals surface area contributed by atoms with Gasteiger partial charge in [0.25, 0.3) is 0 Å². The average molecular weight is 276 g/mol. The molecule has 3 heteroatoms. The molecule has 1 aromatic heterocycles. The zero-order chi connectivity index (χ0) is 14.8. The summed E-state index contributed by atoms with van der Waals surface area (Å²) in [6.07, 6.45) is 2.02. The van der Waals surface area contributed by atoms with Crippen molar-refractivity contribution in [3.05, 3.63) is 65.4 Å². The van der Waals surface area contributed by atoms with E-state index in [0.717, 1.165) is 28.8 Å². The Morgan fingerprint density at radius 3 is 2.81 bits per heavy atom. The lowest BCUT2D eigenvalue weighted by atomic mass is 10.1. The number of aryl methyl sites for hydroxylation is 1. The Hall–Kier alpha value is -2.73. The molecule has 0 atom stereocenters. The van der Waals surface area contributed by atoms with Crippen LogP contribution in [0.25, 0.3) is 10.9 Å². The Balaban J connectivity index is 2.07. The third-order valence-corrected chi connectivity index (χ3v) is 3.71. The van der Waals surface area contributed by atoms with Crippen LogP contribution in [0.2, 0.25) is 0 Å². The average Bonchev–Trinajstić information content (AvgIpc) is 2.91. The van der Waals surface area contributed by atoms with Crippen LogP contribution in [0.1, 0.15) is 16.7 Å². The largest absolute Gasteiger partial charge is 0.496 e. The van der Waals surface area contributed by atoms with Crippen LogP contribution in [0.5, 0.6) is 5.75 Å². The van der Waals surface area contributed by atoms with Gasteiger partial charge >= 0.3 is 0 Å². The first kappa shape index (κ1) is 13.3. The van der Waals surface area contributed by atoms with E-state index in [1.54, 1.807) is 7.11 Å². The maximum atomic E-state index is 9.17. The van der Waals surface area contributed by atoms with E-state index in [4.69, 9.17) is 4.74 Å². The molecule has 21 heavy (non-hydrogen) atoms. The smallest absolute Gasteiger partial charge is 0.123 e. The molecular formula is C18H16N2O. The van der Waals surface area contributed by atoms with Gasteiger partial charge in [-0.1, -0.05) is 23.8 Å². The van der Waals surface area contributed by atoms with Gasteiger partial charge in [-0.05, 0) is 31.2 Å². The molecule has 3 nitrogen and oxygen atoms in total. The van der Waals surface area contributed by atoms with Crippen LogP contribution in [-0.2, 0) is 6.54 Å². The maximum absolute atomic E-state index is 9.17. The predicted molar refractivity (Wildman–Crippen MR) is 83.5 cm³/mol. The molecule has 0 fully saturated rings. The summed E-state index contributed by atoms with van der Waals surface area (Å²) in [5.41, 5.74) is 4.12. The third kappa shape index (κ3) is 2.36. The van der Waals surface area contributed by atoms with Gasteiger partial charge in [-0.25, -0.2) is 0 Å². The molecule has 0 N–H and O–H groups in total. The highest BCUT2D eigenvalue weighted by Gasteiger charge is 2.08. The lowest BCUT2D eigenvalue weighted by molar-refractivity contribution is 0.408. The van der Waals surface area contributed by atoms with Gasteiger partial charge in [0.15, 0.2) is 0 Å². The number of methoxy groups -OCH3 is 1. The van der Waals surface area contributed by atoms with Gasteiger partial charge in [-0.15, -0.1) is 0 Å². The molecule has 3 rings (SSSR count). The van der Waals surface area contributed by atoms with Crippen LogP contribution in [-0.4, -0.2) is 11.7 Å². The minimum absolute atomic E-state index is 0.711. The summed E-state index contributed by atoms with van der Waals surface area (Å²) in [4.78, 5) is 0. The van der Waals surface area contributed by atoms with Gasteiger partial charge in [0, 0.05) is 22.7 Å². The lowest BCUT2D eigenvalue weighted by Gasteiger charge is -2.11. The summed E-state index contributed by atoms with van der Waals surface area (Å²) in [5, 5.41) is 10.2. The van der Waals surface area contributed by atoms with E-state index < -0.39 is 0 Å². The first-order chi connectivity index (χ1) is 10.2. The first-order valence-corrected chi connectivity index (χ1v) is 6.84. The number of hydrogen-bond donors (Lipinski definition) is 0. The fourth-order valence-electron chi connectivity index (χ4n) is 2.67. The summed E-state index contributed by atoms with van der Waals surface area (Å²) in [7, 11) is 1.69. The number of rotatable bonds is 3. The molecule has 3 aromatic rings. The number of aromatic nitrogens is 1. The third-order valence-electron chi connectivity index (χ3n) is 3.71. The molecule has 0 spiro atoms. The Morgan fingerprint density at radius 1 is 1.19 bits per heavy atom. The summed E-state index contributed by atoms with van der Waals surface area (Å²) in [5.74, 6) is 0.888. The molecule has 0 aliphatic heterocycles. The van der Waals surface area contributed by atoms with Crippen molar-refractivity contribution in [2.24, 2.45) is 0 Å². The van der Waals surface area contributed by atoms with Crippen molar-refractivity contribution in [3.8, 4) is 11.8 Å². The summed E-state index contributed by atoms with van der Waals surface area (Å²) < 4.78 is 7.59. The molecule has 0 bridgehead atoms. The number of ether oxygens (including phenoxy) is 1. The molecule has 0 saturated heterocycles. The Bertz CT molecular complexity index is 840. The van der Waals surface area contributed by atoms with E-state index >= 15 is 0 Å². The van der Waals surface area contributed by atoms with E-state index in [2.05, 4.69) is 23.6 Å². The highest BCUT2D eigenvalue weighted by molar-refractivity contribution is 5.86. The standard InChI is InChI=1S/C18H16N2O/c1-13-6-7-18(21-2)15(10-13)12-20-9-8-16-14(11-19)4-3-5-17(16)20/h3-10H,12H2,1-2H3. The van der Waals surface area contributed by atoms with Crippen molar-refractivity contribution in [1.29, 1.82) is 5.26 Å². The van der Waals surface area contributed by atoms with Gasteiger partial charge in [0.05, 0.1) is 25.3 Å². The molecule has 0 unspecified atom stereocenters. The Kier molecular flexibility index (Phi) is 3.37. The number of benzene rings is 2. The summed E-state index contributed by atoms with van der Waals surface area (Å²) in [6, 6.07) is 16.2. The number of fused-ring (bicyclic) bond motifs is 1. The molecule has 104 valence electrons. The highest BCUT2D eigenvalue weighted by atomic mass is 16.5. The maximum Gasteiger partial charge on any atom is 0.123 e. The van der Waals surface area contributed by atoms with Crippen LogP contribution in [0.3, 0.4) is 0 Å². The second-order valence-corrected chi connectivity index (χ2v) is 5.11. The number of nitrogens with zero attached hydrogens (tertiary/aromatic N) is 2. The van der Waals surface area contributed by atoms with Crippen LogP contribution in [0, 0.1) is 18.3 Å². The topological polar surface area (TPSA) is 38.0 Å². The van der Waals surface area contributed by atoms with Crippen molar-refractivity contribution in [1.82, 2.24) is 4.57 Å². The van der Waals surface area contributed by atoms with Crippen LogP contribution < -0.4 is 4.74 Å². The monoisotopic (exact) mass is 276 g/mol. The van der Waals surface area contributed by atoms with Gasteiger partial charge in [0.1, 0.15) is 5.75 Å². The second kappa shape index (κ2) is 5.34. The molecular weight excluding hydrogens is 260 g/mol. The van der Waals surface area contributed by atoms with Gasteiger partial charge < -0.3 is 9.30 Å². The molecule has 0 aliphatic carbocycles. The lowest BCUT2D eigenvalue weighted by Crippen LogP contribution is -2.01. The molecule has 0 aliphatic rings. The zero-order valence-corrected chi connectivity index (χ0v) is 12.1. The minimum Gasteiger partial charge on any atom is -0.496 e. The van der Waals surface area contributed by atoms with Gasteiger partial charge in [-0.3, -0.25) is 0 Å². The van der Waals surface area contributed by atoms with E-state index in [1.165, 1.54) is 5.56 Å². The Labute approximate surface area is 124 Å². The van der Waals surface area contributed by atoms with Crippen LogP contribution >= 0.6 is 0 Å².